The van der Waals surface area contributed by atoms with Crippen LogP contribution in [0.15, 0.2) is 42.9 Å². The Kier molecular flexibility index (Phi) is 2.79. The van der Waals surface area contributed by atoms with E-state index in [1.807, 2.05) is 42.1 Å². The van der Waals surface area contributed by atoms with Gasteiger partial charge < -0.3 is 9.55 Å². The molecular weight excluding hydrogens is 240 g/mol. The van der Waals surface area contributed by atoms with Gasteiger partial charge in [-0.1, -0.05) is 18.2 Å². The smallest absolute Gasteiger partial charge is 0.231 e. The minimum absolute atomic E-state index is 0.0775. The van der Waals surface area contributed by atoms with Gasteiger partial charge in [0.1, 0.15) is 0 Å². The number of anilines is 1. The summed E-state index contributed by atoms with van der Waals surface area (Å²) in [6.07, 6.45) is 5.61. The predicted octanol–water partition coefficient (Wildman–Crippen LogP) is 2.08. The van der Waals surface area contributed by atoms with Crippen LogP contribution >= 0.6 is 0 Å². The first-order valence-corrected chi connectivity index (χ1v) is 6.06. The number of imidazole rings is 1. The monoisotopic (exact) mass is 254 g/mol. The highest BCUT2D eigenvalue weighted by Gasteiger charge is 2.11. The summed E-state index contributed by atoms with van der Waals surface area (Å²) in [5.41, 5.74) is 2.14. The highest BCUT2D eigenvalue weighted by molar-refractivity contribution is 5.94. The molecule has 0 bridgehead atoms. The molecule has 0 aliphatic rings. The van der Waals surface area contributed by atoms with Gasteiger partial charge in [0.2, 0.25) is 11.9 Å². The van der Waals surface area contributed by atoms with E-state index in [1.54, 1.807) is 12.4 Å². The number of aromatic nitrogens is 3. The van der Waals surface area contributed by atoms with Crippen molar-refractivity contribution < 1.29 is 4.79 Å². The van der Waals surface area contributed by atoms with Crippen LogP contribution in [0.25, 0.3) is 10.9 Å². The van der Waals surface area contributed by atoms with E-state index in [2.05, 4.69) is 15.3 Å². The summed E-state index contributed by atoms with van der Waals surface area (Å²) in [6.45, 7) is 0. The van der Waals surface area contributed by atoms with E-state index < -0.39 is 0 Å². The normalized spacial score (nSPS) is 10.8. The van der Waals surface area contributed by atoms with Crippen molar-refractivity contribution in [1.82, 2.24) is 14.5 Å². The van der Waals surface area contributed by atoms with Crippen molar-refractivity contribution in [2.24, 2.45) is 7.05 Å². The molecule has 2 aromatic heterocycles. The Balaban J connectivity index is 1.83. The SMILES string of the molecule is Cn1cc(CC(=O)Nc2ncc[nH]2)c2ccccc21. The summed E-state index contributed by atoms with van der Waals surface area (Å²) >= 11 is 0. The molecule has 5 nitrogen and oxygen atoms in total. The predicted molar refractivity (Wildman–Crippen MR) is 73.8 cm³/mol. The molecule has 0 aliphatic carbocycles. The minimum atomic E-state index is -0.0775. The zero-order valence-electron chi connectivity index (χ0n) is 10.6. The number of nitrogens with zero attached hydrogens (tertiary/aromatic N) is 2. The number of H-pyrrole nitrogens is 1. The summed E-state index contributed by atoms with van der Waals surface area (Å²) in [5, 5.41) is 3.84. The largest absolute Gasteiger partial charge is 0.350 e. The lowest BCUT2D eigenvalue weighted by molar-refractivity contribution is -0.115. The molecule has 0 spiro atoms. The molecule has 1 amide bonds. The summed E-state index contributed by atoms with van der Waals surface area (Å²) in [4.78, 5) is 18.8. The van der Waals surface area contributed by atoms with Crippen molar-refractivity contribution in [3.63, 3.8) is 0 Å². The average molecular weight is 254 g/mol. The summed E-state index contributed by atoms with van der Waals surface area (Å²) in [7, 11) is 1.98. The van der Waals surface area contributed by atoms with Crippen LogP contribution < -0.4 is 5.32 Å². The number of carbonyl (C=O) groups excluding carboxylic acids is 1. The molecule has 19 heavy (non-hydrogen) atoms. The lowest BCUT2D eigenvalue weighted by Crippen LogP contribution is -2.15. The highest BCUT2D eigenvalue weighted by atomic mass is 16.1. The summed E-state index contributed by atoms with van der Waals surface area (Å²) in [5.74, 6) is 0.400. The van der Waals surface area contributed by atoms with Crippen molar-refractivity contribution in [2.45, 2.75) is 6.42 Å². The summed E-state index contributed by atoms with van der Waals surface area (Å²) in [6, 6.07) is 8.05. The Labute approximate surface area is 110 Å². The van der Waals surface area contributed by atoms with E-state index in [-0.39, 0.29) is 5.91 Å². The van der Waals surface area contributed by atoms with Crippen LogP contribution in [0.4, 0.5) is 5.95 Å². The molecule has 0 fully saturated rings. The van der Waals surface area contributed by atoms with Gasteiger partial charge in [-0.05, 0) is 11.6 Å². The number of hydrogen-bond donors (Lipinski definition) is 2. The average Bonchev–Trinajstić information content (AvgIpc) is 3.00. The Hall–Kier alpha value is -2.56. The molecule has 0 unspecified atom stereocenters. The van der Waals surface area contributed by atoms with Crippen molar-refractivity contribution >= 4 is 22.8 Å². The van der Waals surface area contributed by atoms with Crippen LogP contribution in [0.3, 0.4) is 0 Å². The fraction of sp³-hybridized carbons (Fsp3) is 0.143. The molecule has 0 atom stereocenters. The van der Waals surface area contributed by atoms with E-state index in [4.69, 9.17) is 0 Å². The molecule has 0 saturated carbocycles. The molecule has 0 saturated heterocycles. The van der Waals surface area contributed by atoms with Gasteiger partial charge in [0.25, 0.3) is 0 Å². The van der Waals surface area contributed by atoms with Gasteiger partial charge in [-0.3, -0.25) is 10.1 Å². The van der Waals surface area contributed by atoms with Crippen LogP contribution in [0.1, 0.15) is 5.56 Å². The summed E-state index contributed by atoms with van der Waals surface area (Å²) < 4.78 is 2.03. The molecule has 2 N–H and O–H groups in total. The van der Waals surface area contributed by atoms with E-state index in [0.717, 1.165) is 16.5 Å². The Morgan fingerprint density at radius 3 is 3.05 bits per heavy atom. The molecular formula is C14H14N4O. The number of rotatable bonds is 3. The molecule has 3 aromatic rings. The van der Waals surface area contributed by atoms with Gasteiger partial charge in [-0.25, -0.2) is 4.98 Å². The lowest BCUT2D eigenvalue weighted by Gasteiger charge is -2.00. The van der Waals surface area contributed by atoms with Gasteiger partial charge in [-0.15, -0.1) is 0 Å². The second kappa shape index (κ2) is 4.61. The van der Waals surface area contributed by atoms with Crippen LogP contribution in [-0.2, 0) is 18.3 Å². The first kappa shape index (κ1) is 11.5. The third kappa shape index (κ3) is 2.22. The molecule has 1 aromatic carbocycles. The van der Waals surface area contributed by atoms with Crippen molar-refractivity contribution in [3.05, 3.63) is 48.4 Å². The van der Waals surface area contributed by atoms with Gasteiger partial charge in [0, 0.05) is 36.5 Å². The maximum atomic E-state index is 12.0. The minimum Gasteiger partial charge on any atom is -0.350 e. The van der Waals surface area contributed by atoms with Crippen molar-refractivity contribution in [3.8, 4) is 0 Å². The number of para-hydroxylation sites is 1. The standard InChI is InChI=1S/C14H14N4O/c1-18-9-10(11-4-2-3-5-12(11)18)8-13(19)17-14-15-6-7-16-14/h2-7,9H,8H2,1H3,(H2,15,16,17,19). The van der Waals surface area contributed by atoms with E-state index in [0.29, 0.717) is 12.4 Å². The fourth-order valence-corrected chi connectivity index (χ4v) is 2.25. The number of hydrogen-bond acceptors (Lipinski definition) is 2. The molecule has 5 heteroatoms. The zero-order chi connectivity index (χ0) is 13.2. The topological polar surface area (TPSA) is 62.7 Å². The van der Waals surface area contributed by atoms with Crippen LogP contribution in [0.2, 0.25) is 0 Å². The van der Waals surface area contributed by atoms with E-state index in [1.165, 1.54) is 0 Å². The first-order chi connectivity index (χ1) is 9.24. The van der Waals surface area contributed by atoms with Gasteiger partial charge in [-0.2, -0.15) is 0 Å². The quantitative estimate of drug-likeness (QED) is 0.751. The van der Waals surface area contributed by atoms with Crippen LogP contribution in [0.5, 0.6) is 0 Å². The van der Waals surface area contributed by atoms with Gasteiger partial charge in [0.05, 0.1) is 6.42 Å². The molecule has 2 heterocycles. The van der Waals surface area contributed by atoms with Crippen LogP contribution in [0, 0.1) is 0 Å². The maximum Gasteiger partial charge on any atom is 0.231 e. The first-order valence-electron chi connectivity index (χ1n) is 6.06. The third-order valence-corrected chi connectivity index (χ3v) is 3.09. The number of benzene rings is 1. The molecule has 96 valence electrons. The van der Waals surface area contributed by atoms with Crippen LogP contribution in [-0.4, -0.2) is 20.4 Å². The van der Waals surface area contributed by atoms with E-state index in [9.17, 15) is 4.79 Å². The van der Waals surface area contributed by atoms with Gasteiger partial charge >= 0.3 is 0 Å². The third-order valence-electron chi connectivity index (χ3n) is 3.09. The fourth-order valence-electron chi connectivity index (χ4n) is 2.25. The Morgan fingerprint density at radius 2 is 2.26 bits per heavy atom. The van der Waals surface area contributed by atoms with Crippen molar-refractivity contribution in [1.29, 1.82) is 0 Å². The second-order valence-corrected chi connectivity index (χ2v) is 4.45. The number of fused-ring (bicyclic) bond motifs is 1. The highest BCUT2D eigenvalue weighted by Crippen LogP contribution is 2.20. The van der Waals surface area contributed by atoms with Crippen molar-refractivity contribution in [2.75, 3.05) is 5.32 Å². The number of amides is 1. The number of carbonyl (C=O) groups is 1. The Bertz CT molecular complexity index is 712. The number of nitrogens with one attached hydrogen (secondary N) is 2. The van der Waals surface area contributed by atoms with E-state index >= 15 is 0 Å². The van der Waals surface area contributed by atoms with Gasteiger partial charge in [0.15, 0.2) is 0 Å². The second-order valence-electron chi connectivity index (χ2n) is 4.45. The maximum absolute atomic E-state index is 12.0. The molecule has 3 rings (SSSR count). The Morgan fingerprint density at radius 1 is 1.42 bits per heavy atom. The number of aryl methyl sites for hydroxylation is 1. The molecule has 0 aliphatic heterocycles. The molecule has 0 radical (unpaired) electrons. The zero-order valence-corrected chi connectivity index (χ0v) is 10.6. The number of aromatic amines is 1. The lowest BCUT2D eigenvalue weighted by atomic mass is 10.1.